The zero-order valence-electron chi connectivity index (χ0n) is 15.7. The molecule has 1 aliphatic carbocycles. The molecule has 7 nitrogen and oxygen atoms in total. The predicted octanol–water partition coefficient (Wildman–Crippen LogP) is 3.82. The van der Waals surface area contributed by atoms with E-state index in [1.807, 2.05) is 48.7 Å². The maximum absolute atomic E-state index is 12.6. The molecule has 0 N–H and O–H groups in total. The molecule has 1 aliphatic rings. The van der Waals surface area contributed by atoms with E-state index in [1.165, 1.54) is 0 Å². The van der Waals surface area contributed by atoms with Crippen molar-refractivity contribution < 1.29 is 9.72 Å². The van der Waals surface area contributed by atoms with Crippen LogP contribution in [-0.2, 0) is 11.3 Å². The average molecular weight is 411 g/mol. The fraction of sp³-hybridized carbons (Fsp3) is 0.238. The van der Waals surface area contributed by atoms with E-state index < -0.39 is 12.0 Å². The number of carbonyl (C=O) groups is 1. The zero-order chi connectivity index (χ0) is 20.5. The highest BCUT2D eigenvalue weighted by Crippen LogP contribution is 2.35. The van der Waals surface area contributed by atoms with Crippen molar-refractivity contribution in [1.82, 2.24) is 14.7 Å². The summed E-state index contributed by atoms with van der Waals surface area (Å²) in [5.74, 6) is -0.737. The van der Waals surface area contributed by atoms with Gasteiger partial charge < -0.3 is 4.90 Å². The van der Waals surface area contributed by atoms with Crippen LogP contribution in [0.15, 0.2) is 60.8 Å². The Labute approximate surface area is 172 Å². The summed E-state index contributed by atoms with van der Waals surface area (Å²) in [6.07, 6.45) is 2.20. The molecule has 29 heavy (non-hydrogen) atoms. The third-order valence-corrected chi connectivity index (χ3v) is 5.31. The topological polar surface area (TPSA) is 81.3 Å². The van der Waals surface area contributed by atoms with Gasteiger partial charge in [0.15, 0.2) is 0 Å². The normalized spacial score (nSPS) is 17.7. The smallest absolute Gasteiger partial charge is 0.232 e. The van der Waals surface area contributed by atoms with E-state index in [0.717, 1.165) is 22.5 Å². The first-order valence-corrected chi connectivity index (χ1v) is 9.60. The van der Waals surface area contributed by atoms with Crippen LogP contribution in [0.4, 0.5) is 0 Å². The molecule has 0 radical (unpaired) electrons. The van der Waals surface area contributed by atoms with Crippen LogP contribution in [0.1, 0.15) is 12.0 Å². The highest BCUT2D eigenvalue weighted by atomic mass is 35.5. The van der Waals surface area contributed by atoms with E-state index in [9.17, 15) is 14.9 Å². The second-order valence-electron chi connectivity index (χ2n) is 7.18. The van der Waals surface area contributed by atoms with Gasteiger partial charge in [0.05, 0.1) is 11.4 Å². The number of aromatic nitrogens is 2. The van der Waals surface area contributed by atoms with Crippen LogP contribution in [0.5, 0.6) is 0 Å². The van der Waals surface area contributed by atoms with E-state index >= 15 is 0 Å². The summed E-state index contributed by atoms with van der Waals surface area (Å²) in [7, 11) is 1.67. The molecule has 1 amide bonds. The van der Waals surface area contributed by atoms with E-state index in [2.05, 4.69) is 0 Å². The van der Waals surface area contributed by atoms with Crippen molar-refractivity contribution in [1.29, 1.82) is 0 Å². The Hall–Kier alpha value is -3.19. The molecular weight excluding hydrogens is 392 g/mol. The largest absolute Gasteiger partial charge is 0.341 e. The van der Waals surface area contributed by atoms with Crippen LogP contribution in [0, 0.1) is 16.0 Å². The van der Waals surface area contributed by atoms with Crippen LogP contribution in [0.3, 0.4) is 0 Å². The number of benzene rings is 2. The van der Waals surface area contributed by atoms with Crippen LogP contribution in [-0.4, -0.2) is 38.6 Å². The number of nitro groups is 1. The third kappa shape index (κ3) is 4.00. The molecule has 4 rings (SSSR count). The SMILES string of the molecule is CN(Cc1cn(-c2ccccc2)nc1-c1ccc(Cl)cc1)C(=O)C1CC1[N+](=O)[O-]. The Morgan fingerprint density at radius 2 is 1.93 bits per heavy atom. The summed E-state index contributed by atoms with van der Waals surface area (Å²) in [5, 5.41) is 16.2. The fourth-order valence-electron chi connectivity index (χ4n) is 3.39. The summed E-state index contributed by atoms with van der Waals surface area (Å²) in [6, 6.07) is 16.3. The van der Waals surface area contributed by atoms with Gasteiger partial charge in [-0.3, -0.25) is 14.9 Å². The molecule has 2 aromatic carbocycles. The maximum Gasteiger partial charge on any atom is 0.232 e. The Morgan fingerprint density at radius 3 is 2.55 bits per heavy atom. The monoisotopic (exact) mass is 410 g/mol. The second-order valence-corrected chi connectivity index (χ2v) is 7.62. The zero-order valence-corrected chi connectivity index (χ0v) is 16.5. The van der Waals surface area contributed by atoms with Crippen LogP contribution >= 0.6 is 11.6 Å². The molecule has 148 valence electrons. The summed E-state index contributed by atoms with van der Waals surface area (Å²) in [4.78, 5) is 24.6. The predicted molar refractivity (Wildman–Crippen MR) is 109 cm³/mol. The van der Waals surface area contributed by atoms with Crippen molar-refractivity contribution >= 4 is 17.5 Å². The number of rotatable bonds is 6. The lowest BCUT2D eigenvalue weighted by molar-refractivity contribution is -0.497. The minimum Gasteiger partial charge on any atom is -0.341 e. The first-order chi connectivity index (χ1) is 13.9. The van der Waals surface area contributed by atoms with E-state index in [-0.39, 0.29) is 10.8 Å². The van der Waals surface area contributed by atoms with Crippen LogP contribution in [0.2, 0.25) is 5.02 Å². The van der Waals surface area contributed by atoms with Gasteiger partial charge in [-0.1, -0.05) is 41.9 Å². The van der Waals surface area contributed by atoms with Gasteiger partial charge in [-0.2, -0.15) is 5.10 Å². The second kappa shape index (κ2) is 7.67. The minimum atomic E-state index is -0.757. The number of para-hydroxylation sites is 1. The van der Waals surface area contributed by atoms with E-state index in [0.29, 0.717) is 18.0 Å². The molecule has 0 aliphatic heterocycles. The standard InChI is InChI=1S/C21H19ClN4O3/c1-24(21(27)18-11-19(18)26(28)29)12-15-13-25(17-5-3-2-4-6-17)23-20(15)14-7-9-16(22)10-8-14/h2-10,13,18-19H,11-12H2,1H3. The van der Waals surface area contributed by atoms with Crippen molar-refractivity contribution in [3.63, 3.8) is 0 Å². The van der Waals surface area contributed by atoms with Crippen LogP contribution in [0.25, 0.3) is 16.9 Å². The summed E-state index contributed by atoms with van der Waals surface area (Å²) in [5.41, 5.74) is 3.38. The van der Waals surface area contributed by atoms with Gasteiger partial charge in [-0.05, 0) is 24.3 Å². The number of nitrogens with zero attached hydrogens (tertiary/aromatic N) is 4. The molecular formula is C21H19ClN4O3. The highest BCUT2D eigenvalue weighted by molar-refractivity contribution is 6.30. The summed E-state index contributed by atoms with van der Waals surface area (Å²) in [6.45, 7) is 0.310. The first-order valence-electron chi connectivity index (χ1n) is 9.22. The Morgan fingerprint density at radius 1 is 1.24 bits per heavy atom. The van der Waals surface area contributed by atoms with Crippen LogP contribution < -0.4 is 0 Å². The minimum absolute atomic E-state index is 0.207. The quantitative estimate of drug-likeness (QED) is 0.457. The highest BCUT2D eigenvalue weighted by Gasteiger charge is 2.54. The number of carbonyl (C=O) groups excluding carboxylic acids is 1. The van der Waals surface area contributed by atoms with Gasteiger partial charge in [-0.25, -0.2) is 4.68 Å². The Balaban J connectivity index is 1.64. The Bertz CT molecular complexity index is 1050. The molecule has 0 spiro atoms. The molecule has 8 heteroatoms. The summed E-state index contributed by atoms with van der Waals surface area (Å²) >= 11 is 6.01. The molecule has 1 aromatic heterocycles. The van der Waals surface area contributed by atoms with Gasteiger partial charge in [0.1, 0.15) is 5.92 Å². The van der Waals surface area contributed by atoms with Gasteiger partial charge in [0.25, 0.3) is 0 Å². The lowest BCUT2D eigenvalue weighted by atomic mass is 10.1. The van der Waals surface area contributed by atoms with Gasteiger partial charge >= 0.3 is 0 Å². The number of halogens is 1. The maximum atomic E-state index is 12.6. The lowest BCUT2D eigenvalue weighted by Gasteiger charge is -2.16. The van der Waals surface area contributed by atoms with Gasteiger partial charge in [-0.15, -0.1) is 0 Å². The van der Waals surface area contributed by atoms with Crippen molar-refractivity contribution in [3.05, 3.63) is 81.5 Å². The van der Waals surface area contributed by atoms with Crippen molar-refractivity contribution in [3.8, 4) is 16.9 Å². The molecule has 2 unspecified atom stereocenters. The molecule has 3 aromatic rings. The fourth-order valence-corrected chi connectivity index (χ4v) is 3.51. The molecule has 0 bridgehead atoms. The van der Waals surface area contributed by atoms with Crippen molar-refractivity contribution in [2.75, 3.05) is 7.05 Å². The van der Waals surface area contributed by atoms with Crippen molar-refractivity contribution in [2.45, 2.75) is 19.0 Å². The first kappa shape index (κ1) is 19.1. The number of amides is 1. The molecule has 2 atom stereocenters. The number of hydrogen-bond acceptors (Lipinski definition) is 4. The van der Waals surface area contributed by atoms with E-state index in [4.69, 9.17) is 16.7 Å². The molecule has 0 saturated heterocycles. The number of hydrogen-bond donors (Lipinski definition) is 0. The Kier molecular flexibility index (Phi) is 5.07. The van der Waals surface area contributed by atoms with Gasteiger partial charge in [0, 0.05) is 47.3 Å². The average Bonchev–Trinajstić information content (AvgIpc) is 3.43. The van der Waals surface area contributed by atoms with Crippen molar-refractivity contribution in [2.24, 2.45) is 5.92 Å². The third-order valence-electron chi connectivity index (χ3n) is 5.06. The lowest BCUT2D eigenvalue weighted by Crippen LogP contribution is -2.29. The van der Waals surface area contributed by atoms with Gasteiger partial charge in [0.2, 0.25) is 11.9 Å². The molecule has 1 heterocycles. The summed E-state index contributed by atoms with van der Waals surface area (Å²) < 4.78 is 1.77. The molecule has 1 fully saturated rings. The van der Waals surface area contributed by atoms with E-state index in [1.54, 1.807) is 28.8 Å². The molecule has 1 saturated carbocycles.